The van der Waals surface area contributed by atoms with Crippen LogP contribution in [0.1, 0.15) is 20.8 Å². The predicted molar refractivity (Wildman–Crippen MR) is 65.6 cm³/mol. The number of hydrogen-bond acceptors (Lipinski definition) is 2. The maximum Gasteiger partial charge on any atom is 0.410 e. The third kappa shape index (κ3) is 1.25. The zero-order valence-electron chi connectivity index (χ0n) is 9.04. The lowest BCUT2D eigenvalue weighted by Crippen LogP contribution is -2.57. The Hall–Kier alpha value is 0.230. The molecular weight excluding hydrogens is 326 g/mol. The largest absolute Gasteiger partial charge is 0.450 e. The van der Waals surface area contributed by atoms with Gasteiger partial charge < -0.3 is 4.74 Å². The van der Waals surface area contributed by atoms with Gasteiger partial charge in [0.1, 0.15) is 0 Å². The van der Waals surface area contributed by atoms with Crippen molar-refractivity contribution in [2.24, 2.45) is 5.41 Å². The molecule has 3 rings (SSSR count). The maximum absolute atomic E-state index is 11.8. The first-order valence-electron chi connectivity index (χ1n) is 5.19. The molecule has 3 aliphatic rings. The average molecular weight is 341 g/mol. The Balaban J connectivity index is 2.21. The molecule has 2 saturated heterocycles. The molecule has 0 radical (unpaired) electrons. The highest BCUT2D eigenvalue weighted by Crippen LogP contribution is 2.62. The summed E-state index contributed by atoms with van der Waals surface area (Å²) < 4.78 is 5.08. The number of carbonyl (C=O) groups excluding carboxylic acids is 1. The van der Waals surface area contributed by atoms with E-state index in [9.17, 15) is 4.79 Å². The third-order valence-electron chi connectivity index (χ3n) is 3.91. The van der Waals surface area contributed by atoms with Crippen molar-refractivity contribution in [1.82, 2.24) is 4.90 Å². The number of fused-ring (bicyclic) bond motifs is 1. The number of carbonyl (C=O) groups is 1. The van der Waals surface area contributed by atoms with E-state index in [2.05, 4.69) is 45.7 Å². The Morgan fingerprint density at radius 1 is 1.47 bits per heavy atom. The zero-order chi connectivity index (χ0) is 11.4. The lowest BCUT2D eigenvalue weighted by molar-refractivity contribution is 0.0992. The highest BCUT2D eigenvalue weighted by atomic mass is 79.9. The normalized spacial score (nSPS) is 47.7. The molecule has 86 valence electrons. The number of alkyl halides is 2. The summed E-state index contributed by atoms with van der Waals surface area (Å²) in [5.74, 6) is 0. The van der Waals surface area contributed by atoms with E-state index in [4.69, 9.17) is 4.74 Å². The second-order valence-corrected chi connectivity index (χ2v) is 6.42. The van der Waals surface area contributed by atoms with Crippen LogP contribution >= 0.6 is 31.9 Å². The van der Waals surface area contributed by atoms with Gasteiger partial charge in [-0.05, 0) is 13.8 Å². The molecule has 2 bridgehead atoms. The van der Waals surface area contributed by atoms with Gasteiger partial charge in [-0.25, -0.2) is 4.79 Å². The molecule has 1 amide bonds. The summed E-state index contributed by atoms with van der Waals surface area (Å²) in [5, 5.41) is 0. The van der Waals surface area contributed by atoms with Gasteiger partial charge in [-0.1, -0.05) is 38.8 Å². The zero-order valence-corrected chi connectivity index (χ0v) is 12.2. The summed E-state index contributed by atoms with van der Waals surface area (Å²) in [5.41, 5.74) is 0.122. The van der Waals surface area contributed by atoms with Crippen LogP contribution in [0, 0.1) is 5.41 Å². The van der Waals surface area contributed by atoms with Gasteiger partial charge in [0, 0.05) is 21.1 Å². The van der Waals surface area contributed by atoms with Crippen LogP contribution in [-0.2, 0) is 4.74 Å². The van der Waals surface area contributed by atoms with Crippen molar-refractivity contribution in [1.29, 1.82) is 0 Å². The van der Waals surface area contributed by atoms with Crippen molar-refractivity contribution in [2.45, 2.75) is 42.5 Å². The predicted octanol–water partition coefficient (Wildman–Crippen LogP) is 2.76. The van der Waals surface area contributed by atoms with E-state index >= 15 is 0 Å². The Morgan fingerprint density at radius 3 is 2.33 bits per heavy atom. The van der Waals surface area contributed by atoms with Crippen molar-refractivity contribution in [3.63, 3.8) is 0 Å². The lowest BCUT2D eigenvalue weighted by Gasteiger charge is -2.46. The Bertz CT molecular complexity index is 285. The number of hydrogen-bond donors (Lipinski definition) is 0. The minimum absolute atomic E-state index is 0.122. The molecule has 5 atom stereocenters. The maximum atomic E-state index is 11.8. The molecule has 0 aromatic rings. The lowest BCUT2D eigenvalue weighted by atomic mass is 9.68. The summed E-state index contributed by atoms with van der Waals surface area (Å²) in [7, 11) is 0. The molecule has 2 heterocycles. The molecule has 0 N–H and O–H groups in total. The van der Waals surface area contributed by atoms with Gasteiger partial charge in [0.05, 0.1) is 12.6 Å². The van der Waals surface area contributed by atoms with E-state index in [1.807, 2.05) is 11.8 Å². The second kappa shape index (κ2) is 3.62. The standard InChI is InChI=1S/C10H15Br2NO2/c1-4-15-9(14)13-5(2)10(3)7(11)6(13)8(10)12/h5-8H,4H2,1-3H3/t5-,6?,7-,8+,10?/m0/s1. The van der Waals surface area contributed by atoms with Crippen molar-refractivity contribution in [3.8, 4) is 0 Å². The third-order valence-corrected chi connectivity index (χ3v) is 6.96. The number of amides is 1. The van der Waals surface area contributed by atoms with Gasteiger partial charge >= 0.3 is 6.09 Å². The van der Waals surface area contributed by atoms with E-state index in [1.54, 1.807) is 0 Å². The van der Waals surface area contributed by atoms with Gasteiger partial charge in [-0.15, -0.1) is 0 Å². The van der Waals surface area contributed by atoms with Crippen LogP contribution in [0.3, 0.4) is 0 Å². The van der Waals surface area contributed by atoms with Gasteiger partial charge in [0.25, 0.3) is 0 Å². The molecule has 3 fully saturated rings. The molecule has 15 heavy (non-hydrogen) atoms. The average Bonchev–Trinajstić information content (AvgIpc) is 2.53. The fraction of sp³-hybridized carbons (Fsp3) is 0.900. The van der Waals surface area contributed by atoms with E-state index in [-0.39, 0.29) is 23.6 Å². The highest BCUT2D eigenvalue weighted by molar-refractivity contribution is 9.10. The smallest absolute Gasteiger partial charge is 0.410 e. The molecule has 1 aliphatic carbocycles. The second-order valence-electron chi connectivity index (χ2n) is 4.44. The van der Waals surface area contributed by atoms with Crippen LogP contribution < -0.4 is 0 Å². The van der Waals surface area contributed by atoms with E-state index in [0.29, 0.717) is 16.3 Å². The summed E-state index contributed by atoms with van der Waals surface area (Å²) in [6.07, 6.45) is -0.190. The Kier molecular flexibility index (Phi) is 2.83. The molecule has 0 aromatic carbocycles. The number of halogens is 2. The SMILES string of the molecule is CCOC(=O)N1C2[C@@H](Br)C(C)([C@@H]1C)[C@H]2Br. The summed E-state index contributed by atoms with van der Waals surface area (Å²) >= 11 is 7.34. The van der Waals surface area contributed by atoms with E-state index in [1.165, 1.54) is 0 Å². The topological polar surface area (TPSA) is 29.5 Å². The van der Waals surface area contributed by atoms with Crippen molar-refractivity contribution >= 4 is 38.0 Å². The fourth-order valence-electron chi connectivity index (χ4n) is 2.70. The van der Waals surface area contributed by atoms with Crippen LogP contribution in [0.5, 0.6) is 0 Å². The molecule has 3 nitrogen and oxygen atoms in total. The van der Waals surface area contributed by atoms with Crippen LogP contribution in [-0.4, -0.2) is 39.3 Å². The van der Waals surface area contributed by atoms with Crippen molar-refractivity contribution in [3.05, 3.63) is 0 Å². The fourth-order valence-corrected chi connectivity index (χ4v) is 5.92. The van der Waals surface area contributed by atoms with Crippen LogP contribution in [0.15, 0.2) is 0 Å². The molecular formula is C10H15Br2NO2. The molecule has 2 unspecified atom stereocenters. The monoisotopic (exact) mass is 339 g/mol. The van der Waals surface area contributed by atoms with Crippen molar-refractivity contribution < 1.29 is 9.53 Å². The summed E-state index contributed by atoms with van der Waals surface area (Å²) in [4.78, 5) is 14.4. The van der Waals surface area contributed by atoms with Gasteiger partial charge in [-0.3, -0.25) is 4.90 Å². The molecule has 0 aromatic heterocycles. The van der Waals surface area contributed by atoms with Gasteiger partial charge in [-0.2, -0.15) is 0 Å². The van der Waals surface area contributed by atoms with Crippen LogP contribution in [0.4, 0.5) is 4.79 Å². The van der Waals surface area contributed by atoms with E-state index in [0.717, 1.165) is 0 Å². The van der Waals surface area contributed by atoms with E-state index < -0.39 is 0 Å². The molecule has 2 aliphatic heterocycles. The first kappa shape index (κ1) is 11.7. The number of nitrogens with zero attached hydrogens (tertiary/aromatic N) is 1. The summed E-state index contributed by atoms with van der Waals surface area (Å²) in [6.45, 7) is 6.56. The van der Waals surface area contributed by atoms with Gasteiger partial charge in [0.2, 0.25) is 0 Å². The van der Waals surface area contributed by atoms with Crippen molar-refractivity contribution in [2.75, 3.05) is 6.61 Å². The Morgan fingerprint density at radius 2 is 2.00 bits per heavy atom. The minimum Gasteiger partial charge on any atom is -0.450 e. The van der Waals surface area contributed by atoms with Crippen LogP contribution in [0.25, 0.3) is 0 Å². The number of rotatable bonds is 1. The highest BCUT2D eigenvalue weighted by Gasteiger charge is 2.71. The minimum atomic E-state index is -0.190. The van der Waals surface area contributed by atoms with Gasteiger partial charge in [0.15, 0.2) is 0 Å². The first-order valence-corrected chi connectivity index (χ1v) is 7.02. The van der Waals surface area contributed by atoms with Crippen LogP contribution in [0.2, 0.25) is 0 Å². The molecule has 1 saturated carbocycles. The number of ether oxygens (including phenoxy) is 1. The Labute approximate surface area is 107 Å². The quantitative estimate of drug-likeness (QED) is 0.687. The molecule has 0 spiro atoms. The first-order chi connectivity index (χ1) is 6.96. The summed E-state index contributed by atoms with van der Waals surface area (Å²) in [6, 6.07) is 0.444. The molecule has 5 heteroatoms.